The summed E-state index contributed by atoms with van der Waals surface area (Å²) in [5.74, 6) is 2.30. The second-order valence-corrected chi connectivity index (χ2v) is 6.36. The van der Waals surface area contributed by atoms with E-state index in [4.69, 9.17) is 9.47 Å². The Bertz CT molecular complexity index is 525. The Labute approximate surface area is 139 Å². The number of amides is 1. The number of carbonyl (C=O) groups is 1. The summed E-state index contributed by atoms with van der Waals surface area (Å²) in [6.45, 7) is 6.73. The number of rotatable bonds is 6. The minimum atomic E-state index is -0.105. The van der Waals surface area contributed by atoms with Gasteiger partial charge in [0.15, 0.2) is 0 Å². The molecular weight excluding hydrogens is 292 g/mol. The van der Waals surface area contributed by atoms with E-state index in [1.54, 1.807) is 14.2 Å². The molecule has 0 bridgehead atoms. The van der Waals surface area contributed by atoms with Gasteiger partial charge in [0.2, 0.25) is 5.91 Å². The van der Waals surface area contributed by atoms with Gasteiger partial charge in [-0.05, 0) is 50.9 Å². The lowest BCUT2D eigenvalue weighted by Crippen LogP contribution is -2.41. The molecule has 1 aromatic carbocycles. The molecule has 1 heterocycles. The fourth-order valence-electron chi connectivity index (χ4n) is 2.96. The Hall–Kier alpha value is -1.75. The number of piperidine rings is 1. The molecule has 0 radical (unpaired) electrons. The number of carbonyl (C=O) groups excluding carboxylic acids is 1. The van der Waals surface area contributed by atoms with Crippen LogP contribution in [0.15, 0.2) is 18.2 Å². The number of ether oxygens (including phenoxy) is 2. The van der Waals surface area contributed by atoms with E-state index in [-0.39, 0.29) is 11.9 Å². The van der Waals surface area contributed by atoms with Crippen molar-refractivity contribution in [2.75, 3.05) is 33.9 Å². The van der Waals surface area contributed by atoms with Crippen molar-refractivity contribution in [3.63, 3.8) is 0 Å². The summed E-state index contributed by atoms with van der Waals surface area (Å²) in [5.41, 5.74) is 0.953. The van der Waals surface area contributed by atoms with Crippen molar-refractivity contribution in [1.82, 2.24) is 10.2 Å². The number of nitrogens with zero attached hydrogens (tertiary/aromatic N) is 1. The lowest BCUT2D eigenvalue weighted by Gasteiger charge is -2.30. The van der Waals surface area contributed by atoms with Gasteiger partial charge in [-0.3, -0.25) is 9.69 Å². The second-order valence-electron chi connectivity index (χ2n) is 6.36. The number of likely N-dealkylation sites (tertiary alicyclic amines) is 1. The van der Waals surface area contributed by atoms with E-state index in [2.05, 4.69) is 17.1 Å². The molecule has 5 heteroatoms. The molecule has 1 unspecified atom stereocenters. The van der Waals surface area contributed by atoms with E-state index in [1.807, 2.05) is 25.1 Å². The normalized spacial score (nSPS) is 17.6. The summed E-state index contributed by atoms with van der Waals surface area (Å²) in [7, 11) is 3.25. The maximum Gasteiger partial charge on any atom is 0.234 e. The van der Waals surface area contributed by atoms with Crippen LogP contribution < -0.4 is 14.8 Å². The highest BCUT2D eigenvalue weighted by atomic mass is 16.5. The molecule has 1 amide bonds. The highest BCUT2D eigenvalue weighted by Gasteiger charge is 2.20. The van der Waals surface area contributed by atoms with Gasteiger partial charge in [0.05, 0.1) is 26.8 Å². The van der Waals surface area contributed by atoms with Gasteiger partial charge in [0, 0.05) is 11.6 Å². The standard InChI is InChI=1S/C18H28N2O3/c1-13-7-9-20(10-8-13)12-18(21)19-14(2)16-6-5-15(22-3)11-17(16)23-4/h5-6,11,13-14H,7-10,12H2,1-4H3,(H,19,21). The van der Waals surface area contributed by atoms with Crippen LogP contribution in [-0.4, -0.2) is 44.7 Å². The first-order chi connectivity index (χ1) is 11.0. The summed E-state index contributed by atoms with van der Waals surface area (Å²) in [6.07, 6.45) is 2.35. The highest BCUT2D eigenvalue weighted by molar-refractivity contribution is 5.78. The maximum atomic E-state index is 12.3. The van der Waals surface area contributed by atoms with Crippen molar-refractivity contribution in [3.05, 3.63) is 23.8 Å². The Morgan fingerprint density at radius 3 is 2.61 bits per heavy atom. The molecule has 5 nitrogen and oxygen atoms in total. The lowest BCUT2D eigenvalue weighted by atomic mass is 9.99. The quantitative estimate of drug-likeness (QED) is 0.875. The molecule has 0 saturated carbocycles. The predicted octanol–water partition coefficient (Wildman–Crippen LogP) is 2.61. The molecular formula is C18H28N2O3. The SMILES string of the molecule is COc1ccc(C(C)NC(=O)CN2CCC(C)CC2)c(OC)c1. The van der Waals surface area contributed by atoms with Gasteiger partial charge in [-0.2, -0.15) is 0 Å². The number of hydrogen-bond acceptors (Lipinski definition) is 4. The molecule has 2 rings (SSSR count). The smallest absolute Gasteiger partial charge is 0.234 e. The largest absolute Gasteiger partial charge is 0.497 e. The summed E-state index contributed by atoms with van der Waals surface area (Å²) in [6, 6.07) is 5.55. The molecule has 1 saturated heterocycles. The molecule has 1 fully saturated rings. The van der Waals surface area contributed by atoms with Crippen LogP contribution in [0.3, 0.4) is 0 Å². The molecule has 128 valence electrons. The number of methoxy groups -OCH3 is 2. The first kappa shape index (κ1) is 17.6. The molecule has 1 atom stereocenters. The fourth-order valence-corrected chi connectivity index (χ4v) is 2.96. The monoisotopic (exact) mass is 320 g/mol. The molecule has 0 aromatic heterocycles. The Kier molecular flexibility index (Phi) is 6.28. The maximum absolute atomic E-state index is 12.3. The van der Waals surface area contributed by atoms with Crippen LogP contribution in [0, 0.1) is 5.92 Å². The molecule has 23 heavy (non-hydrogen) atoms. The van der Waals surface area contributed by atoms with Crippen molar-refractivity contribution in [2.24, 2.45) is 5.92 Å². The summed E-state index contributed by atoms with van der Waals surface area (Å²) in [4.78, 5) is 14.5. The molecule has 1 aliphatic rings. The van der Waals surface area contributed by atoms with Crippen LogP contribution >= 0.6 is 0 Å². The summed E-state index contributed by atoms with van der Waals surface area (Å²) in [5, 5.41) is 3.07. The number of nitrogens with one attached hydrogen (secondary N) is 1. The minimum Gasteiger partial charge on any atom is -0.497 e. The van der Waals surface area contributed by atoms with Crippen molar-refractivity contribution in [1.29, 1.82) is 0 Å². The molecule has 0 spiro atoms. The van der Waals surface area contributed by atoms with Crippen LogP contribution in [0.5, 0.6) is 11.5 Å². The van der Waals surface area contributed by atoms with E-state index < -0.39 is 0 Å². The van der Waals surface area contributed by atoms with Gasteiger partial charge in [-0.25, -0.2) is 0 Å². The first-order valence-electron chi connectivity index (χ1n) is 8.27. The van der Waals surface area contributed by atoms with Crippen molar-refractivity contribution < 1.29 is 14.3 Å². The fraction of sp³-hybridized carbons (Fsp3) is 0.611. The Morgan fingerprint density at radius 1 is 1.30 bits per heavy atom. The van der Waals surface area contributed by atoms with Crippen molar-refractivity contribution in [2.45, 2.75) is 32.7 Å². The van der Waals surface area contributed by atoms with Gasteiger partial charge >= 0.3 is 0 Å². The van der Waals surface area contributed by atoms with Gasteiger partial charge in [-0.1, -0.05) is 6.92 Å². The van der Waals surface area contributed by atoms with E-state index >= 15 is 0 Å². The summed E-state index contributed by atoms with van der Waals surface area (Å²) < 4.78 is 10.6. The third kappa shape index (κ3) is 4.86. The molecule has 0 aliphatic carbocycles. The van der Waals surface area contributed by atoms with Crippen molar-refractivity contribution >= 4 is 5.91 Å². The minimum absolute atomic E-state index is 0.0601. The topological polar surface area (TPSA) is 50.8 Å². The van der Waals surface area contributed by atoms with E-state index in [9.17, 15) is 4.79 Å². The van der Waals surface area contributed by atoms with Crippen LogP contribution in [0.1, 0.15) is 38.3 Å². The molecule has 1 aliphatic heterocycles. The average molecular weight is 320 g/mol. The summed E-state index contributed by atoms with van der Waals surface area (Å²) >= 11 is 0. The van der Waals surface area contributed by atoms with E-state index in [0.29, 0.717) is 6.54 Å². The zero-order valence-electron chi connectivity index (χ0n) is 14.6. The molecule has 1 aromatic rings. The van der Waals surface area contributed by atoms with Gasteiger partial charge in [0.1, 0.15) is 11.5 Å². The lowest BCUT2D eigenvalue weighted by molar-refractivity contribution is -0.123. The highest BCUT2D eigenvalue weighted by Crippen LogP contribution is 2.29. The zero-order valence-corrected chi connectivity index (χ0v) is 14.6. The van der Waals surface area contributed by atoms with Gasteiger partial charge in [-0.15, -0.1) is 0 Å². The zero-order chi connectivity index (χ0) is 16.8. The first-order valence-corrected chi connectivity index (χ1v) is 8.27. The number of hydrogen-bond donors (Lipinski definition) is 1. The third-order valence-electron chi connectivity index (χ3n) is 4.53. The van der Waals surface area contributed by atoms with Crippen LogP contribution in [0.2, 0.25) is 0 Å². The van der Waals surface area contributed by atoms with E-state index in [1.165, 1.54) is 12.8 Å². The molecule has 1 N–H and O–H groups in total. The van der Waals surface area contributed by atoms with Crippen LogP contribution in [0.25, 0.3) is 0 Å². The van der Waals surface area contributed by atoms with Gasteiger partial charge in [0.25, 0.3) is 0 Å². The van der Waals surface area contributed by atoms with E-state index in [0.717, 1.165) is 36.1 Å². The predicted molar refractivity (Wildman–Crippen MR) is 90.9 cm³/mol. The van der Waals surface area contributed by atoms with Gasteiger partial charge < -0.3 is 14.8 Å². The Balaban J connectivity index is 1.93. The van der Waals surface area contributed by atoms with Crippen LogP contribution in [0.4, 0.5) is 0 Å². The second kappa shape index (κ2) is 8.20. The van der Waals surface area contributed by atoms with Crippen LogP contribution in [-0.2, 0) is 4.79 Å². The Morgan fingerprint density at radius 2 is 2.00 bits per heavy atom. The number of benzene rings is 1. The third-order valence-corrected chi connectivity index (χ3v) is 4.53. The average Bonchev–Trinajstić information content (AvgIpc) is 2.56. The van der Waals surface area contributed by atoms with Crippen molar-refractivity contribution in [3.8, 4) is 11.5 Å².